The van der Waals surface area contributed by atoms with E-state index in [0.717, 1.165) is 10.2 Å². The molecule has 2 rings (SSSR count). The average Bonchev–Trinajstić information content (AvgIpc) is 2.38. The number of rotatable bonds is 4. The molecule has 1 nitrogen and oxygen atoms in total. The Bertz CT molecular complexity index is 482. The normalized spacial score (nSPS) is 10.5. The third kappa shape index (κ3) is 3.87. The highest BCUT2D eigenvalue weighted by atomic mass is 79.9. The van der Waals surface area contributed by atoms with Crippen LogP contribution in [0.2, 0.25) is 0 Å². The smallest absolute Gasteiger partial charge is 0.0232 e. The van der Waals surface area contributed by atoms with E-state index in [4.69, 9.17) is 5.73 Å². The summed E-state index contributed by atoms with van der Waals surface area (Å²) in [6.07, 6.45) is 0. The average molecular weight is 308 g/mol. The van der Waals surface area contributed by atoms with Crippen LogP contribution in [0.4, 0.5) is 0 Å². The van der Waals surface area contributed by atoms with Gasteiger partial charge in [0.05, 0.1) is 0 Å². The maximum atomic E-state index is 5.63. The molecule has 0 saturated carbocycles. The molecule has 0 unspecified atom stereocenters. The molecular formula is C14H14BrNS. The largest absolute Gasteiger partial charge is 0.326 e. The summed E-state index contributed by atoms with van der Waals surface area (Å²) in [5.74, 6) is 0.987. The van der Waals surface area contributed by atoms with Crippen molar-refractivity contribution in [3.63, 3.8) is 0 Å². The van der Waals surface area contributed by atoms with Gasteiger partial charge in [0.1, 0.15) is 0 Å². The summed E-state index contributed by atoms with van der Waals surface area (Å²) in [5, 5.41) is 0. The molecule has 0 radical (unpaired) electrons. The summed E-state index contributed by atoms with van der Waals surface area (Å²) in [6, 6.07) is 16.8. The minimum atomic E-state index is 0.604. The van der Waals surface area contributed by atoms with Crippen molar-refractivity contribution in [1.82, 2.24) is 0 Å². The Hall–Kier alpha value is -0.770. The van der Waals surface area contributed by atoms with E-state index in [2.05, 4.69) is 64.5 Å². The van der Waals surface area contributed by atoms with Gasteiger partial charge in [0.25, 0.3) is 0 Å². The molecule has 0 amide bonds. The SMILES string of the molecule is NCc1cccc(SCc2ccc(Br)cc2)c1. The van der Waals surface area contributed by atoms with Crippen LogP contribution in [0.15, 0.2) is 57.9 Å². The number of nitrogens with two attached hydrogens (primary N) is 1. The van der Waals surface area contributed by atoms with E-state index in [1.54, 1.807) is 0 Å². The van der Waals surface area contributed by atoms with Crippen molar-refractivity contribution in [1.29, 1.82) is 0 Å². The number of hydrogen-bond acceptors (Lipinski definition) is 2. The van der Waals surface area contributed by atoms with E-state index in [-0.39, 0.29) is 0 Å². The first-order valence-corrected chi connectivity index (χ1v) is 7.22. The fraction of sp³-hybridized carbons (Fsp3) is 0.143. The highest BCUT2D eigenvalue weighted by molar-refractivity contribution is 9.10. The van der Waals surface area contributed by atoms with Gasteiger partial charge in [-0.05, 0) is 35.4 Å². The topological polar surface area (TPSA) is 26.0 Å². The van der Waals surface area contributed by atoms with E-state index < -0.39 is 0 Å². The second-order valence-electron chi connectivity index (χ2n) is 3.77. The van der Waals surface area contributed by atoms with Crippen LogP contribution < -0.4 is 5.73 Å². The standard InChI is InChI=1S/C14H14BrNS/c15-13-6-4-11(5-7-13)10-17-14-3-1-2-12(8-14)9-16/h1-8H,9-10,16H2. The lowest BCUT2D eigenvalue weighted by Crippen LogP contribution is -1.95. The van der Waals surface area contributed by atoms with Gasteiger partial charge in [0.15, 0.2) is 0 Å². The summed E-state index contributed by atoms with van der Waals surface area (Å²) in [5.41, 5.74) is 8.14. The lowest BCUT2D eigenvalue weighted by atomic mass is 10.2. The Labute approximate surface area is 115 Å². The van der Waals surface area contributed by atoms with Gasteiger partial charge in [-0.25, -0.2) is 0 Å². The molecule has 0 aliphatic heterocycles. The molecule has 2 N–H and O–H groups in total. The molecule has 0 bridgehead atoms. The van der Waals surface area contributed by atoms with Gasteiger partial charge in [-0.15, -0.1) is 11.8 Å². The first kappa shape index (κ1) is 12.7. The minimum Gasteiger partial charge on any atom is -0.326 e. The maximum absolute atomic E-state index is 5.63. The molecule has 0 aliphatic rings. The fourth-order valence-electron chi connectivity index (χ4n) is 1.51. The van der Waals surface area contributed by atoms with Crippen molar-refractivity contribution >= 4 is 27.7 Å². The zero-order valence-corrected chi connectivity index (χ0v) is 11.8. The van der Waals surface area contributed by atoms with Crippen molar-refractivity contribution < 1.29 is 0 Å². The molecule has 3 heteroatoms. The first-order chi connectivity index (χ1) is 8.28. The summed E-state index contributed by atoms with van der Waals surface area (Å²) in [7, 11) is 0. The number of halogens is 1. The summed E-state index contributed by atoms with van der Waals surface area (Å²) >= 11 is 5.28. The molecule has 2 aromatic rings. The van der Waals surface area contributed by atoms with Crippen molar-refractivity contribution in [3.05, 3.63) is 64.1 Å². The van der Waals surface area contributed by atoms with Gasteiger partial charge in [-0.3, -0.25) is 0 Å². The lowest BCUT2D eigenvalue weighted by Gasteiger charge is -2.04. The molecular weight excluding hydrogens is 294 g/mol. The second-order valence-corrected chi connectivity index (χ2v) is 5.73. The monoisotopic (exact) mass is 307 g/mol. The molecule has 0 fully saturated rings. The second kappa shape index (κ2) is 6.24. The van der Waals surface area contributed by atoms with Crippen molar-refractivity contribution in [3.8, 4) is 0 Å². The van der Waals surface area contributed by atoms with Crippen LogP contribution in [-0.2, 0) is 12.3 Å². The number of thioether (sulfide) groups is 1. The van der Waals surface area contributed by atoms with Crippen LogP contribution >= 0.6 is 27.7 Å². The quantitative estimate of drug-likeness (QED) is 0.857. The minimum absolute atomic E-state index is 0.604. The lowest BCUT2D eigenvalue weighted by molar-refractivity contribution is 1.06. The Kier molecular flexibility index (Phi) is 4.66. The van der Waals surface area contributed by atoms with Crippen LogP contribution in [0, 0.1) is 0 Å². The summed E-state index contributed by atoms with van der Waals surface area (Å²) in [4.78, 5) is 1.27. The zero-order chi connectivity index (χ0) is 12.1. The Morgan fingerprint density at radius 1 is 1.00 bits per heavy atom. The molecule has 0 heterocycles. The van der Waals surface area contributed by atoms with Crippen LogP contribution in [0.25, 0.3) is 0 Å². The number of benzene rings is 2. The zero-order valence-electron chi connectivity index (χ0n) is 9.40. The molecule has 0 aromatic heterocycles. The van der Waals surface area contributed by atoms with E-state index in [0.29, 0.717) is 6.54 Å². The number of hydrogen-bond donors (Lipinski definition) is 1. The maximum Gasteiger partial charge on any atom is 0.0232 e. The van der Waals surface area contributed by atoms with Gasteiger partial charge in [0, 0.05) is 21.7 Å². The molecule has 88 valence electrons. The van der Waals surface area contributed by atoms with E-state index in [1.807, 2.05) is 11.8 Å². The van der Waals surface area contributed by atoms with E-state index in [1.165, 1.54) is 16.0 Å². The van der Waals surface area contributed by atoms with Crippen molar-refractivity contribution in [2.75, 3.05) is 0 Å². The highest BCUT2D eigenvalue weighted by Gasteiger charge is 1.98. The highest BCUT2D eigenvalue weighted by Crippen LogP contribution is 2.24. The molecule has 0 saturated heterocycles. The van der Waals surface area contributed by atoms with Crippen molar-refractivity contribution in [2.24, 2.45) is 5.73 Å². The van der Waals surface area contributed by atoms with Gasteiger partial charge in [-0.1, -0.05) is 40.2 Å². The van der Waals surface area contributed by atoms with E-state index >= 15 is 0 Å². The van der Waals surface area contributed by atoms with Crippen molar-refractivity contribution in [2.45, 2.75) is 17.2 Å². The molecule has 17 heavy (non-hydrogen) atoms. The third-order valence-corrected chi connectivity index (χ3v) is 4.05. The Morgan fingerprint density at radius 2 is 1.76 bits per heavy atom. The third-order valence-electron chi connectivity index (χ3n) is 2.45. The van der Waals surface area contributed by atoms with E-state index in [9.17, 15) is 0 Å². The first-order valence-electron chi connectivity index (χ1n) is 5.44. The molecule has 2 aromatic carbocycles. The van der Waals surface area contributed by atoms with Crippen LogP contribution in [0.3, 0.4) is 0 Å². The van der Waals surface area contributed by atoms with Gasteiger partial charge >= 0.3 is 0 Å². The van der Waals surface area contributed by atoms with Gasteiger partial charge < -0.3 is 5.73 Å². The van der Waals surface area contributed by atoms with Gasteiger partial charge in [0.2, 0.25) is 0 Å². The van der Waals surface area contributed by atoms with Gasteiger partial charge in [-0.2, -0.15) is 0 Å². The molecule has 0 atom stereocenters. The van der Waals surface area contributed by atoms with Crippen LogP contribution in [0.1, 0.15) is 11.1 Å². The predicted octanol–water partition coefficient (Wildman–Crippen LogP) is 4.20. The Morgan fingerprint density at radius 3 is 2.47 bits per heavy atom. The predicted molar refractivity (Wildman–Crippen MR) is 78.0 cm³/mol. The summed E-state index contributed by atoms with van der Waals surface area (Å²) in [6.45, 7) is 0.604. The molecule has 0 aliphatic carbocycles. The fourth-order valence-corrected chi connectivity index (χ4v) is 2.71. The van der Waals surface area contributed by atoms with Crippen LogP contribution in [0.5, 0.6) is 0 Å². The summed E-state index contributed by atoms with van der Waals surface area (Å²) < 4.78 is 1.12. The Balaban J connectivity index is 1.99. The van der Waals surface area contributed by atoms with Crippen LogP contribution in [-0.4, -0.2) is 0 Å². The molecule has 0 spiro atoms.